The number of nitrogens with one attached hydrogen (secondary N) is 1. The molecule has 1 unspecified atom stereocenters. The summed E-state index contributed by atoms with van der Waals surface area (Å²) in [7, 11) is 0. The fourth-order valence-electron chi connectivity index (χ4n) is 2.23. The van der Waals surface area contributed by atoms with Gasteiger partial charge in [-0.1, -0.05) is 12.1 Å². The van der Waals surface area contributed by atoms with Crippen molar-refractivity contribution < 1.29 is 4.39 Å². The Morgan fingerprint density at radius 3 is 2.94 bits per heavy atom. The molecule has 0 radical (unpaired) electrons. The standard InChI is InChI=1S/C13H12FNS/c1-8-4-5-10(14)9-7-11(15-13(8)9)12-3-2-6-16-12/h2-6,11,15H,7H2,1H3. The topological polar surface area (TPSA) is 12.0 Å². The van der Waals surface area contributed by atoms with Gasteiger partial charge in [0.05, 0.1) is 6.04 Å². The molecule has 1 nitrogen and oxygen atoms in total. The summed E-state index contributed by atoms with van der Waals surface area (Å²) in [6.07, 6.45) is 0.753. The number of rotatable bonds is 1. The normalized spacial score (nSPS) is 18.2. The van der Waals surface area contributed by atoms with Crippen LogP contribution in [-0.2, 0) is 6.42 Å². The van der Waals surface area contributed by atoms with Crippen molar-refractivity contribution in [3.8, 4) is 0 Å². The van der Waals surface area contributed by atoms with E-state index < -0.39 is 0 Å². The highest BCUT2D eigenvalue weighted by atomic mass is 32.1. The van der Waals surface area contributed by atoms with Crippen molar-refractivity contribution in [2.24, 2.45) is 0 Å². The van der Waals surface area contributed by atoms with Gasteiger partial charge in [-0.25, -0.2) is 4.39 Å². The Morgan fingerprint density at radius 1 is 1.38 bits per heavy atom. The minimum absolute atomic E-state index is 0.0906. The average molecular weight is 233 g/mol. The van der Waals surface area contributed by atoms with Crippen LogP contribution in [0.2, 0.25) is 0 Å². The lowest BCUT2D eigenvalue weighted by Crippen LogP contribution is -2.03. The van der Waals surface area contributed by atoms with Crippen LogP contribution < -0.4 is 5.32 Å². The van der Waals surface area contributed by atoms with Gasteiger partial charge in [-0.3, -0.25) is 0 Å². The molecule has 0 saturated heterocycles. The largest absolute Gasteiger partial charge is 0.377 e. The van der Waals surface area contributed by atoms with Crippen LogP contribution in [0.15, 0.2) is 29.6 Å². The van der Waals surface area contributed by atoms with Gasteiger partial charge in [0.25, 0.3) is 0 Å². The molecule has 3 heteroatoms. The van der Waals surface area contributed by atoms with Crippen molar-refractivity contribution in [3.05, 3.63) is 51.5 Å². The second-order valence-electron chi connectivity index (χ2n) is 4.13. The van der Waals surface area contributed by atoms with E-state index in [-0.39, 0.29) is 11.9 Å². The van der Waals surface area contributed by atoms with Crippen LogP contribution in [0, 0.1) is 12.7 Å². The van der Waals surface area contributed by atoms with E-state index in [0.29, 0.717) is 0 Å². The maximum atomic E-state index is 13.6. The van der Waals surface area contributed by atoms with Crippen molar-refractivity contribution in [2.75, 3.05) is 5.32 Å². The minimum atomic E-state index is -0.0906. The molecule has 82 valence electrons. The van der Waals surface area contributed by atoms with Crippen LogP contribution in [-0.4, -0.2) is 0 Å². The zero-order valence-electron chi connectivity index (χ0n) is 8.96. The maximum absolute atomic E-state index is 13.6. The van der Waals surface area contributed by atoms with Gasteiger partial charge in [-0.05, 0) is 30.0 Å². The summed E-state index contributed by atoms with van der Waals surface area (Å²) in [6, 6.07) is 7.77. The maximum Gasteiger partial charge on any atom is 0.128 e. The number of fused-ring (bicyclic) bond motifs is 1. The summed E-state index contributed by atoms with van der Waals surface area (Å²) in [6.45, 7) is 2.02. The molecule has 3 rings (SSSR count). The Kier molecular flexibility index (Phi) is 2.21. The summed E-state index contributed by atoms with van der Waals surface area (Å²) in [5, 5.41) is 5.48. The smallest absolute Gasteiger partial charge is 0.128 e. The summed E-state index contributed by atoms with van der Waals surface area (Å²) >= 11 is 1.72. The molecule has 1 aliphatic rings. The molecule has 2 aromatic rings. The van der Waals surface area contributed by atoms with Crippen LogP contribution in [0.1, 0.15) is 22.0 Å². The SMILES string of the molecule is Cc1ccc(F)c2c1NC(c1cccs1)C2. The summed E-state index contributed by atoms with van der Waals surface area (Å²) in [4.78, 5) is 1.27. The van der Waals surface area contributed by atoms with Crippen LogP contribution in [0.3, 0.4) is 0 Å². The van der Waals surface area contributed by atoms with Gasteiger partial charge in [0.1, 0.15) is 5.82 Å². The second kappa shape index (κ2) is 3.59. The van der Waals surface area contributed by atoms with Crippen LogP contribution in [0.5, 0.6) is 0 Å². The second-order valence-corrected chi connectivity index (χ2v) is 5.11. The van der Waals surface area contributed by atoms with Gasteiger partial charge in [-0.15, -0.1) is 11.3 Å². The Morgan fingerprint density at radius 2 is 2.25 bits per heavy atom. The molecule has 16 heavy (non-hydrogen) atoms. The average Bonchev–Trinajstić information content (AvgIpc) is 2.90. The summed E-state index contributed by atoms with van der Waals surface area (Å²) in [5.74, 6) is -0.0906. The Balaban J connectivity index is 2.00. The molecule has 1 aromatic heterocycles. The van der Waals surface area contributed by atoms with Gasteiger partial charge >= 0.3 is 0 Å². The van der Waals surface area contributed by atoms with Crippen LogP contribution in [0.4, 0.5) is 10.1 Å². The molecule has 0 saturated carbocycles. The molecule has 1 N–H and O–H groups in total. The Bertz CT molecular complexity index is 488. The zero-order valence-corrected chi connectivity index (χ0v) is 9.77. The molecule has 0 spiro atoms. The minimum Gasteiger partial charge on any atom is -0.377 e. The van der Waals surface area contributed by atoms with Gasteiger partial charge in [0.15, 0.2) is 0 Å². The van der Waals surface area contributed by atoms with Crippen LogP contribution in [0.25, 0.3) is 0 Å². The van der Waals surface area contributed by atoms with Crippen molar-refractivity contribution in [1.29, 1.82) is 0 Å². The van der Waals surface area contributed by atoms with Gasteiger partial charge in [0.2, 0.25) is 0 Å². The summed E-state index contributed by atoms with van der Waals surface area (Å²) in [5.41, 5.74) is 2.94. The molecule has 0 fully saturated rings. The highest BCUT2D eigenvalue weighted by Crippen LogP contribution is 2.38. The van der Waals surface area contributed by atoms with Crippen molar-refractivity contribution in [2.45, 2.75) is 19.4 Å². The van der Waals surface area contributed by atoms with E-state index in [9.17, 15) is 4.39 Å². The lowest BCUT2D eigenvalue weighted by atomic mass is 10.1. The molecular formula is C13H12FNS. The number of benzene rings is 1. The number of halogens is 1. The number of hydrogen-bond donors (Lipinski definition) is 1. The highest BCUT2D eigenvalue weighted by molar-refractivity contribution is 7.10. The van der Waals surface area contributed by atoms with E-state index in [1.165, 1.54) is 4.88 Å². The number of aryl methyl sites for hydroxylation is 1. The molecule has 1 aliphatic heterocycles. The molecule has 0 aliphatic carbocycles. The molecular weight excluding hydrogens is 221 g/mol. The lowest BCUT2D eigenvalue weighted by molar-refractivity contribution is 0.610. The van der Waals surface area contributed by atoms with Crippen molar-refractivity contribution in [3.63, 3.8) is 0 Å². The first kappa shape index (κ1) is 9.85. The predicted octanol–water partition coefficient (Wildman–Crippen LogP) is 3.90. The van der Waals surface area contributed by atoms with Gasteiger partial charge < -0.3 is 5.32 Å². The first-order valence-corrected chi connectivity index (χ1v) is 6.21. The Labute approximate surface area is 97.9 Å². The third-order valence-corrected chi connectivity index (χ3v) is 4.06. The third kappa shape index (κ3) is 1.43. The van der Waals surface area contributed by atoms with Crippen LogP contribution >= 0.6 is 11.3 Å². The van der Waals surface area contributed by atoms with Gasteiger partial charge in [-0.2, -0.15) is 0 Å². The number of thiophene rings is 1. The van der Waals surface area contributed by atoms with E-state index in [0.717, 1.165) is 23.2 Å². The third-order valence-electron chi connectivity index (χ3n) is 3.08. The van der Waals surface area contributed by atoms with E-state index >= 15 is 0 Å². The number of anilines is 1. The highest BCUT2D eigenvalue weighted by Gasteiger charge is 2.26. The molecule has 0 amide bonds. The Hall–Kier alpha value is -1.35. The zero-order chi connectivity index (χ0) is 11.1. The lowest BCUT2D eigenvalue weighted by Gasteiger charge is -2.09. The molecule has 2 heterocycles. The van der Waals surface area contributed by atoms with Crippen molar-refractivity contribution in [1.82, 2.24) is 0 Å². The van der Waals surface area contributed by atoms with Gasteiger partial charge in [0, 0.05) is 22.5 Å². The monoisotopic (exact) mass is 233 g/mol. The number of hydrogen-bond acceptors (Lipinski definition) is 2. The summed E-state index contributed by atoms with van der Waals surface area (Å²) < 4.78 is 13.6. The first-order valence-electron chi connectivity index (χ1n) is 5.33. The molecule has 0 bridgehead atoms. The fourth-order valence-corrected chi connectivity index (χ4v) is 3.01. The van der Waals surface area contributed by atoms with E-state index in [1.807, 2.05) is 19.1 Å². The first-order chi connectivity index (χ1) is 7.75. The quantitative estimate of drug-likeness (QED) is 0.787. The van der Waals surface area contributed by atoms with E-state index in [4.69, 9.17) is 0 Å². The predicted molar refractivity (Wildman–Crippen MR) is 65.5 cm³/mol. The van der Waals surface area contributed by atoms with E-state index in [1.54, 1.807) is 17.4 Å². The van der Waals surface area contributed by atoms with Crippen molar-refractivity contribution >= 4 is 17.0 Å². The van der Waals surface area contributed by atoms with E-state index in [2.05, 4.69) is 16.8 Å². The fraction of sp³-hybridized carbons (Fsp3) is 0.231. The molecule has 1 atom stereocenters. The molecule has 1 aromatic carbocycles.